The number of aromatic nitrogens is 2. The molecular weight excluding hydrogens is 284 g/mol. The highest BCUT2D eigenvalue weighted by molar-refractivity contribution is 5.93. The topological polar surface area (TPSA) is 81.7 Å². The van der Waals surface area contributed by atoms with Crippen molar-refractivity contribution >= 4 is 18.3 Å². The molecule has 2 heterocycles. The van der Waals surface area contributed by atoms with E-state index in [9.17, 15) is 9.59 Å². The molecule has 1 aromatic rings. The van der Waals surface area contributed by atoms with Crippen molar-refractivity contribution in [1.29, 1.82) is 0 Å². The molecule has 8 nitrogen and oxygen atoms in total. The Balaban J connectivity index is 1.87. The molecule has 1 aliphatic heterocycles. The highest BCUT2D eigenvalue weighted by Crippen LogP contribution is 2.07. The van der Waals surface area contributed by atoms with E-state index in [1.54, 1.807) is 22.2 Å². The summed E-state index contributed by atoms with van der Waals surface area (Å²) < 4.78 is 0. The van der Waals surface area contributed by atoms with Crippen LogP contribution in [-0.2, 0) is 4.79 Å². The van der Waals surface area contributed by atoms with Crippen molar-refractivity contribution in [3.8, 4) is 0 Å². The third-order valence-corrected chi connectivity index (χ3v) is 3.49. The fraction of sp³-hybridized carbons (Fsp3) is 0.571. The molecule has 0 saturated carbocycles. The zero-order valence-corrected chi connectivity index (χ0v) is 13.0. The van der Waals surface area contributed by atoms with Crippen molar-refractivity contribution in [1.82, 2.24) is 24.7 Å². The Morgan fingerprint density at radius 2 is 1.91 bits per heavy atom. The normalized spacial score (nSPS) is 15.0. The maximum absolute atomic E-state index is 12.3. The molecule has 1 aliphatic rings. The van der Waals surface area contributed by atoms with E-state index >= 15 is 0 Å². The predicted molar refractivity (Wildman–Crippen MR) is 82.6 cm³/mol. The van der Waals surface area contributed by atoms with Gasteiger partial charge in [0.25, 0.3) is 5.91 Å². The van der Waals surface area contributed by atoms with E-state index in [1.807, 2.05) is 14.1 Å². The van der Waals surface area contributed by atoms with Crippen molar-refractivity contribution in [3.05, 3.63) is 18.0 Å². The van der Waals surface area contributed by atoms with Gasteiger partial charge < -0.3 is 20.0 Å². The molecule has 2 amide bonds. The van der Waals surface area contributed by atoms with Gasteiger partial charge in [-0.2, -0.15) is 0 Å². The molecule has 120 valence electrons. The van der Waals surface area contributed by atoms with E-state index in [0.717, 1.165) is 19.5 Å². The standard InChI is InChI=1S/C14H22N6O2/c1-18(2)4-3-15-14-16-9-12(10-17-14)13(22)20-7-5-19(11-21)6-8-20/h9-11H,3-8H2,1-2H3,(H,15,16,17). The molecule has 1 saturated heterocycles. The minimum Gasteiger partial charge on any atom is -0.353 e. The molecule has 0 bridgehead atoms. The SMILES string of the molecule is CN(C)CCNc1ncc(C(=O)N2CCN(C=O)CC2)cn1. The van der Waals surface area contributed by atoms with Crippen molar-refractivity contribution in [2.75, 3.05) is 58.7 Å². The third kappa shape index (κ3) is 4.39. The maximum Gasteiger partial charge on any atom is 0.257 e. The van der Waals surface area contributed by atoms with Crippen LogP contribution in [0.25, 0.3) is 0 Å². The number of carbonyl (C=O) groups excluding carboxylic acids is 2. The van der Waals surface area contributed by atoms with Crippen LogP contribution in [0.1, 0.15) is 10.4 Å². The van der Waals surface area contributed by atoms with Crippen LogP contribution in [0.3, 0.4) is 0 Å². The molecule has 1 fully saturated rings. The number of likely N-dealkylation sites (N-methyl/N-ethyl adjacent to an activating group) is 1. The molecule has 0 aliphatic carbocycles. The van der Waals surface area contributed by atoms with Crippen LogP contribution >= 0.6 is 0 Å². The Hall–Kier alpha value is -2.22. The van der Waals surface area contributed by atoms with Crippen LogP contribution in [0.4, 0.5) is 5.95 Å². The number of piperazine rings is 1. The lowest BCUT2D eigenvalue weighted by Gasteiger charge is -2.32. The summed E-state index contributed by atoms with van der Waals surface area (Å²) in [5, 5.41) is 3.10. The average molecular weight is 306 g/mol. The van der Waals surface area contributed by atoms with E-state index in [-0.39, 0.29) is 5.91 Å². The first kappa shape index (κ1) is 16.2. The summed E-state index contributed by atoms with van der Waals surface area (Å²) in [5.41, 5.74) is 0.470. The van der Waals surface area contributed by atoms with Gasteiger partial charge in [-0.05, 0) is 14.1 Å². The van der Waals surface area contributed by atoms with E-state index in [2.05, 4.69) is 20.2 Å². The number of carbonyl (C=O) groups is 2. The molecular formula is C14H22N6O2. The number of nitrogens with zero attached hydrogens (tertiary/aromatic N) is 5. The summed E-state index contributed by atoms with van der Waals surface area (Å²) in [6.45, 7) is 3.85. The van der Waals surface area contributed by atoms with Crippen LogP contribution in [0.2, 0.25) is 0 Å². The molecule has 0 atom stereocenters. The molecule has 0 radical (unpaired) electrons. The van der Waals surface area contributed by atoms with Crippen molar-refractivity contribution < 1.29 is 9.59 Å². The first-order valence-electron chi connectivity index (χ1n) is 7.29. The van der Waals surface area contributed by atoms with Crippen LogP contribution in [0.5, 0.6) is 0 Å². The fourth-order valence-electron chi connectivity index (χ4n) is 2.13. The summed E-state index contributed by atoms with van der Waals surface area (Å²) in [6.07, 6.45) is 3.90. The lowest BCUT2D eigenvalue weighted by Crippen LogP contribution is -2.48. The Bertz CT molecular complexity index is 497. The Morgan fingerprint density at radius 1 is 1.27 bits per heavy atom. The number of anilines is 1. The quantitative estimate of drug-likeness (QED) is 0.704. The average Bonchev–Trinajstić information content (AvgIpc) is 2.54. The zero-order valence-electron chi connectivity index (χ0n) is 13.0. The largest absolute Gasteiger partial charge is 0.353 e. The van der Waals surface area contributed by atoms with Gasteiger partial charge in [0.2, 0.25) is 12.4 Å². The van der Waals surface area contributed by atoms with Crippen LogP contribution in [-0.4, -0.2) is 90.3 Å². The van der Waals surface area contributed by atoms with E-state index in [0.29, 0.717) is 37.7 Å². The van der Waals surface area contributed by atoms with Crippen LogP contribution in [0.15, 0.2) is 12.4 Å². The van der Waals surface area contributed by atoms with E-state index in [1.165, 1.54) is 0 Å². The first-order valence-corrected chi connectivity index (χ1v) is 7.29. The smallest absolute Gasteiger partial charge is 0.257 e. The van der Waals surface area contributed by atoms with Gasteiger partial charge in [0, 0.05) is 51.7 Å². The van der Waals surface area contributed by atoms with Gasteiger partial charge in [-0.1, -0.05) is 0 Å². The number of amides is 2. The van der Waals surface area contributed by atoms with Gasteiger partial charge in [-0.3, -0.25) is 9.59 Å². The second-order valence-corrected chi connectivity index (χ2v) is 5.46. The Labute approximate surface area is 130 Å². The molecule has 8 heteroatoms. The summed E-state index contributed by atoms with van der Waals surface area (Å²) in [6, 6.07) is 0. The summed E-state index contributed by atoms with van der Waals surface area (Å²) in [7, 11) is 3.99. The minimum absolute atomic E-state index is 0.0922. The highest BCUT2D eigenvalue weighted by atomic mass is 16.2. The summed E-state index contributed by atoms with van der Waals surface area (Å²) in [4.78, 5) is 36.8. The summed E-state index contributed by atoms with van der Waals surface area (Å²) in [5.74, 6) is 0.426. The zero-order chi connectivity index (χ0) is 15.9. The first-order chi connectivity index (χ1) is 10.6. The van der Waals surface area contributed by atoms with Gasteiger partial charge in [-0.15, -0.1) is 0 Å². The van der Waals surface area contributed by atoms with Crippen LogP contribution < -0.4 is 5.32 Å². The van der Waals surface area contributed by atoms with Crippen molar-refractivity contribution in [2.45, 2.75) is 0 Å². The van der Waals surface area contributed by atoms with Gasteiger partial charge >= 0.3 is 0 Å². The van der Waals surface area contributed by atoms with Gasteiger partial charge in [0.05, 0.1) is 5.56 Å². The minimum atomic E-state index is -0.0922. The Morgan fingerprint density at radius 3 is 2.45 bits per heavy atom. The molecule has 1 aromatic heterocycles. The van der Waals surface area contributed by atoms with Gasteiger partial charge in [-0.25, -0.2) is 9.97 Å². The molecule has 2 rings (SSSR count). The second-order valence-electron chi connectivity index (χ2n) is 5.46. The Kier molecular flexibility index (Phi) is 5.65. The maximum atomic E-state index is 12.3. The lowest BCUT2D eigenvalue weighted by atomic mass is 10.2. The number of rotatable bonds is 6. The fourth-order valence-corrected chi connectivity index (χ4v) is 2.13. The molecule has 0 spiro atoms. The number of nitrogens with one attached hydrogen (secondary N) is 1. The number of hydrogen-bond acceptors (Lipinski definition) is 6. The van der Waals surface area contributed by atoms with E-state index in [4.69, 9.17) is 0 Å². The lowest BCUT2D eigenvalue weighted by molar-refractivity contribution is -0.119. The highest BCUT2D eigenvalue weighted by Gasteiger charge is 2.21. The van der Waals surface area contributed by atoms with Gasteiger partial charge in [0.1, 0.15) is 0 Å². The second kappa shape index (κ2) is 7.69. The summed E-state index contributed by atoms with van der Waals surface area (Å²) >= 11 is 0. The monoisotopic (exact) mass is 306 g/mol. The third-order valence-electron chi connectivity index (χ3n) is 3.49. The van der Waals surface area contributed by atoms with E-state index < -0.39 is 0 Å². The predicted octanol–water partition coefficient (Wildman–Crippen LogP) is -0.636. The van der Waals surface area contributed by atoms with Gasteiger partial charge in [0.15, 0.2) is 0 Å². The molecule has 0 aromatic carbocycles. The molecule has 22 heavy (non-hydrogen) atoms. The molecule has 1 N–H and O–H groups in total. The van der Waals surface area contributed by atoms with Crippen molar-refractivity contribution in [3.63, 3.8) is 0 Å². The van der Waals surface area contributed by atoms with Crippen LogP contribution in [0, 0.1) is 0 Å². The van der Waals surface area contributed by atoms with Crippen molar-refractivity contribution in [2.24, 2.45) is 0 Å². The molecule has 0 unspecified atom stereocenters. The number of hydrogen-bond donors (Lipinski definition) is 1.